The minimum atomic E-state index is -4.28. The Labute approximate surface area is 188 Å². The second-order valence-corrected chi connectivity index (χ2v) is 11.6. The van der Waals surface area contributed by atoms with E-state index in [9.17, 15) is 22.2 Å². The normalized spacial score (nSPS) is 13.9. The van der Waals surface area contributed by atoms with Gasteiger partial charge in [0.15, 0.2) is 11.5 Å². The first-order chi connectivity index (χ1) is 14.9. The highest BCUT2D eigenvalue weighted by molar-refractivity contribution is 7.91. The highest BCUT2D eigenvalue weighted by atomic mass is 32.2. The largest absolute Gasteiger partial charge is 0.591 e. The lowest BCUT2D eigenvalue weighted by Gasteiger charge is -2.18. The molecule has 11 heteroatoms. The predicted molar refractivity (Wildman–Crippen MR) is 120 cm³/mol. The van der Waals surface area contributed by atoms with Gasteiger partial charge >= 0.3 is 5.97 Å². The molecule has 8 nitrogen and oxygen atoms in total. The fraction of sp³-hybridized carbons (Fsp3) is 0.286. The van der Waals surface area contributed by atoms with Crippen molar-refractivity contribution in [2.24, 2.45) is 4.40 Å². The Kier molecular flexibility index (Phi) is 6.45. The molecule has 0 aliphatic carbocycles. The first-order valence-corrected chi connectivity index (χ1v) is 12.0. The molecule has 2 aromatic heterocycles. The first kappa shape index (κ1) is 23.9. The number of fused-ring (bicyclic) bond motifs is 1. The third-order valence-electron chi connectivity index (χ3n) is 4.45. The van der Waals surface area contributed by atoms with Crippen LogP contribution >= 0.6 is 0 Å². The Balaban J connectivity index is 2.32. The SMILES string of the molecule is COC(=O)c1cc2cc(F)c(/C(C)=N/[S+]([O-])C(C)(C)C)nc2n1S(=O)(=O)c1ccccc1. The molecule has 3 aromatic rings. The number of aromatic nitrogens is 2. The van der Waals surface area contributed by atoms with Crippen LogP contribution in [0.2, 0.25) is 0 Å². The number of halogens is 1. The molecule has 0 aliphatic rings. The molecule has 0 N–H and O–H groups in total. The number of carbonyl (C=O) groups is 1. The van der Waals surface area contributed by atoms with E-state index in [2.05, 4.69) is 9.38 Å². The summed E-state index contributed by atoms with van der Waals surface area (Å²) in [6.07, 6.45) is 0. The lowest BCUT2D eigenvalue weighted by molar-refractivity contribution is 0.0593. The molecular weight excluding hydrogens is 457 g/mol. The zero-order valence-electron chi connectivity index (χ0n) is 18.1. The van der Waals surface area contributed by atoms with Gasteiger partial charge in [0, 0.05) is 5.39 Å². The van der Waals surface area contributed by atoms with E-state index in [-0.39, 0.29) is 33.0 Å². The van der Waals surface area contributed by atoms with Gasteiger partial charge < -0.3 is 9.29 Å². The molecule has 0 bridgehead atoms. The Morgan fingerprint density at radius 1 is 1.22 bits per heavy atom. The van der Waals surface area contributed by atoms with Gasteiger partial charge in [0.25, 0.3) is 10.0 Å². The van der Waals surface area contributed by atoms with Crippen LogP contribution in [0.4, 0.5) is 4.39 Å². The Morgan fingerprint density at radius 3 is 2.41 bits per heavy atom. The summed E-state index contributed by atoms with van der Waals surface area (Å²) in [6.45, 7) is 6.58. The second-order valence-electron chi connectivity index (χ2n) is 7.87. The van der Waals surface area contributed by atoms with E-state index in [1.165, 1.54) is 37.3 Å². The summed E-state index contributed by atoms with van der Waals surface area (Å²) in [7, 11) is -3.17. The van der Waals surface area contributed by atoms with Crippen molar-refractivity contribution in [3.8, 4) is 0 Å². The van der Waals surface area contributed by atoms with E-state index in [4.69, 9.17) is 4.74 Å². The molecule has 0 fully saturated rings. The van der Waals surface area contributed by atoms with Crippen molar-refractivity contribution >= 4 is 44.1 Å². The van der Waals surface area contributed by atoms with Crippen LogP contribution in [0, 0.1) is 5.82 Å². The van der Waals surface area contributed by atoms with E-state index in [1.54, 1.807) is 26.8 Å². The van der Waals surface area contributed by atoms with Crippen LogP contribution in [0.5, 0.6) is 0 Å². The molecule has 1 unspecified atom stereocenters. The van der Waals surface area contributed by atoms with Crippen LogP contribution in [0.25, 0.3) is 11.0 Å². The van der Waals surface area contributed by atoms with E-state index in [0.29, 0.717) is 0 Å². The van der Waals surface area contributed by atoms with Crippen molar-refractivity contribution in [3.63, 3.8) is 0 Å². The highest BCUT2D eigenvalue weighted by Crippen LogP contribution is 2.27. The summed E-state index contributed by atoms with van der Waals surface area (Å²) in [5.41, 5.74) is -0.749. The zero-order chi connectivity index (χ0) is 23.8. The number of pyridine rings is 1. The average molecular weight is 480 g/mol. The van der Waals surface area contributed by atoms with Crippen LogP contribution in [0.15, 0.2) is 51.8 Å². The topological polar surface area (TPSA) is 114 Å². The number of rotatable bonds is 5. The Morgan fingerprint density at radius 2 is 1.84 bits per heavy atom. The van der Waals surface area contributed by atoms with Crippen molar-refractivity contribution in [2.45, 2.75) is 37.3 Å². The summed E-state index contributed by atoms with van der Waals surface area (Å²) >= 11 is -1.68. The lowest BCUT2D eigenvalue weighted by Crippen LogP contribution is -2.27. The molecule has 3 rings (SSSR count). The van der Waals surface area contributed by atoms with Gasteiger partial charge in [-0.3, -0.25) is 0 Å². The summed E-state index contributed by atoms with van der Waals surface area (Å²) in [5.74, 6) is -1.72. The molecule has 32 heavy (non-hydrogen) atoms. The molecule has 170 valence electrons. The summed E-state index contributed by atoms with van der Waals surface area (Å²) in [6, 6.07) is 9.70. The van der Waals surface area contributed by atoms with Gasteiger partial charge in [-0.2, -0.15) is 0 Å². The Bertz CT molecular complexity index is 1310. The van der Waals surface area contributed by atoms with Crippen molar-refractivity contribution in [1.82, 2.24) is 8.96 Å². The third kappa shape index (κ3) is 4.41. The predicted octanol–water partition coefficient (Wildman–Crippen LogP) is 3.47. The van der Waals surface area contributed by atoms with E-state index in [1.807, 2.05) is 0 Å². The van der Waals surface area contributed by atoms with Gasteiger partial charge in [0.05, 0.1) is 12.0 Å². The minimum Gasteiger partial charge on any atom is -0.591 e. The molecule has 0 amide bonds. The molecular formula is C21H22FN3O5S2. The van der Waals surface area contributed by atoms with Gasteiger partial charge in [-0.1, -0.05) is 22.6 Å². The van der Waals surface area contributed by atoms with Crippen molar-refractivity contribution in [3.05, 3.63) is 59.7 Å². The van der Waals surface area contributed by atoms with Crippen molar-refractivity contribution in [2.75, 3.05) is 7.11 Å². The number of hydrogen-bond donors (Lipinski definition) is 0. The van der Waals surface area contributed by atoms with E-state index >= 15 is 0 Å². The molecule has 2 heterocycles. The number of methoxy groups -OCH3 is 1. The molecule has 1 aromatic carbocycles. The van der Waals surface area contributed by atoms with Crippen LogP contribution < -0.4 is 0 Å². The van der Waals surface area contributed by atoms with Crippen LogP contribution in [0.3, 0.4) is 0 Å². The summed E-state index contributed by atoms with van der Waals surface area (Å²) in [4.78, 5) is 16.4. The highest BCUT2D eigenvalue weighted by Gasteiger charge is 2.30. The maximum atomic E-state index is 14.8. The molecule has 0 saturated carbocycles. The summed E-state index contributed by atoms with van der Waals surface area (Å²) < 4.78 is 62.8. The molecule has 0 saturated heterocycles. The van der Waals surface area contributed by atoms with Crippen molar-refractivity contribution in [1.29, 1.82) is 0 Å². The fourth-order valence-corrected chi connectivity index (χ4v) is 4.91. The maximum Gasteiger partial charge on any atom is 0.355 e. The number of esters is 1. The third-order valence-corrected chi connectivity index (χ3v) is 7.66. The van der Waals surface area contributed by atoms with Gasteiger partial charge in [-0.25, -0.2) is 26.6 Å². The van der Waals surface area contributed by atoms with Gasteiger partial charge in [0.2, 0.25) is 0 Å². The van der Waals surface area contributed by atoms with Crippen LogP contribution in [-0.2, 0) is 26.1 Å². The molecule has 0 spiro atoms. The zero-order valence-corrected chi connectivity index (χ0v) is 19.8. The summed E-state index contributed by atoms with van der Waals surface area (Å²) in [5, 5.41) is 0.0795. The molecule has 0 aliphatic heterocycles. The standard InChI is InChI=1S/C21H22FN3O5S2/c1-13(24-31(27)21(2,3)4)18-16(22)11-14-12-17(20(26)30-5)25(19(14)23-18)32(28,29)15-9-7-6-8-10-15/h6-12H,1-5H3/b24-13+. The van der Waals surface area contributed by atoms with Gasteiger partial charge in [-0.15, -0.1) is 0 Å². The minimum absolute atomic E-state index is 0.0298. The number of carbonyl (C=O) groups excluding carboxylic acids is 1. The Hall–Kier alpha value is -2.76. The molecule has 1 atom stereocenters. The second kappa shape index (κ2) is 8.64. The first-order valence-electron chi connectivity index (χ1n) is 9.46. The van der Waals surface area contributed by atoms with Crippen molar-refractivity contribution < 1.29 is 26.9 Å². The average Bonchev–Trinajstić information content (AvgIpc) is 3.11. The maximum absolute atomic E-state index is 14.8. The lowest BCUT2D eigenvalue weighted by atomic mass is 10.2. The fourth-order valence-electron chi connectivity index (χ4n) is 2.83. The number of nitrogens with zero attached hydrogens (tertiary/aromatic N) is 3. The number of ether oxygens (including phenoxy) is 1. The van der Waals surface area contributed by atoms with Crippen LogP contribution in [0.1, 0.15) is 43.9 Å². The van der Waals surface area contributed by atoms with Gasteiger partial charge in [0.1, 0.15) is 33.2 Å². The molecule has 0 radical (unpaired) electrons. The number of benzene rings is 1. The number of hydrogen-bond acceptors (Lipinski definition) is 7. The van der Waals surface area contributed by atoms with E-state index < -0.39 is 37.9 Å². The van der Waals surface area contributed by atoms with Crippen LogP contribution in [-0.4, -0.2) is 45.5 Å². The van der Waals surface area contributed by atoms with Gasteiger partial charge in [-0.05, 0) is 52.0 Å². The van der Waals surface area contributed by atoms with E-state index in [0.717, 1.165) is 17.1 Å². The monoisotopic (exact) mass is 479 g/mol. The quantitative estimate of drug-likeness (QED) is 0.315. The smallest absolute Gasteiger partial charge is 0.355 e.